The largest absolute Gasteiger partial charge is 0.399 e. The fraction of sp³-hybridized carbons (Fsp3) is 0.500. The topological polar surface area (TPSA) is 55.6 Å². The summed E-state index contributed by atoms with van der Waals surface area (Å²) in [6, 6.07) is 7.63. The number of nitrogens with zero attached hydrogens (tertiary/aromatic N) is 1. The van der Waals surface area contributed by atoms with Crippen molar-refractivity contribution in [1.82, 2.24) is 4.90 Å². The molecule has 18 heavy (non-hydrogen) atoms. The summed E-state index contributed by atoms with van der Waals surface area (Å²) >= 11 is 0. The summed E-state index contributed by atoms with van der Waals surface area (Å²) in [6.45, 7) is 3.24. The fourth-order valence-corrected chi connectivity index (χ4v) is 2.38. The molecule has 2 rings (SSSR count). The second-order valence-electron chi connectivity index (χ2n) is 4.91. The van der Waals surface area contributed by atoms with Crippen LogP contribution in [-0.4, -0.2) is 30.6 Å². The number of nitrogen functional groups attached to an aromatic ring is 1. The van der Waals surface area contributed by atoms with E-state index in [-0.39, 0.29) is 17.9 Å². The monoisotopic (exact) mass is 248 g/mol. The molecule has 1 aromatic rings. The molecular formula is C14H20N2O2. The number of hydrogen-bond donors (Lipinski definition) is 1. The van der Waals surface area contributed by atoms with Crippen LogP contribution >= 0.6 is 0 Å². The highest BCUT2D eigenvalue weighted by atomic mass is 16.5. The van der Waals surface area contributed by atoms with Gasteiger partial charge in [0.2, 0.25) is 5.91 Å². The number of rotatable bonds is 3. The van der Waals surface area contributed by atoms with Gasteiger partial charge >= 0.3 is 0 Å². The summed E-state index contributed by atoms with van der Waals surface area (Å²) in [4.78, 5) is 14.0. The molecule has 2 atom stereocenters. The second-order valence-corrected chi connectivity index (χ2v) is 4.91. The molecule has 1 aliphatic rings. The van der Waals surface area contributed by atoms with Crippen molar-refractivity contribution in [3.8, 4) is 0 Å². The van der Waals surface area contributed by atoms with Crippen molar-refractivity contribution in [2.45, 2.75) is 26.0 Å². The Kier molecular flexibility index (Phi) is 3.87. The highest BCUT2D eigenvalue weighted by molar-refractivity contribution is 5.79. The number of amides is 1. The van der Waals surface area contributed by atoms with Crippen LogP contribution in [0.15, 0.2) is 24.3 Å². The van der Waals surface area contributed by atoms with E-state index < -0.39 is 0 Å². The quantitative estimate of drug-likeness (QED) is 0.828. The Bertz CT molecular complexity index is 434. The van der Waals surface area contributed by atoms with E-state index >= 15 is 0 Å². The van der Waals surface area contributed by atoms with Crippen LogP contribution < -0.4 is 5.73 Å². The predicted molar refractivity (Wildman–Crippen MR) is 70.8 cm³/mol. The smallest absolute Gasteiger partial charge is 0.228 e. The van der Waals surface area contributed by atoms with Crippen LogP contribution in [0.3, 0.4) is 0 Å². The van der Waals surface area contributed by atoms with Gasteiger partial charge in [-0.1, -0.05) is 12.1 Å². The molecule has 1 aliphatic heterocycles. The predicted octanol–water partition coefficient (Wildman–Crippen LogP) is 1.65. The Morgan fingerprint density at radius 1 is 1.56 bits per heavy atom. The molecule has 1 amide bonds. The normalized spacial score (nSPS) is 23.0. The van der Waals surface area contributed by atoms with E-state index in [0.717, 1.165) is 17.7 Å². The molecule has 1 heterocycles. The number of benzene rings is 1. The minimum Gasteiger partial charge on any atom is -0.399 e. The van der Waals surface area contributed by atoms with Gasteiger partial charge in [0, 0.05) is 25.9 Å². The van der Waals surface area contributed by atoms with E-state index in [1.165, 1.54) is 0 Å². The zero-order valence-corrected chi connectivity index (χ0v) is 10.9. The summed E-state index contributed by atoms with van der Waals surface area (Å²) in [5.41, 5.74) is 7.51. The van der Waals surface area contributed by atoms with E-state index in [1.807, 2.05) is 38.2 Å². The van der Waals surface area contributed by atoms with E-state index in [1.54, 1.807) is 4.90 Å². The SMILES string of the molecule is CC1OCCC1C(=O)N(C)Cc1cccc(N)c1. The van der Waals surface area contributed by atoms with Crippen molar-refractivity contribution >= 4 is 11.6 Å². The Hall–Kier alpha value is -1.55. The third-order valence-electron chi connectivity index (χ3n) is 3.44. The maximum atomic E-state index is 12.3. The van der Waals surface area contributed by atoms with E-state index in [0.29, 0.717) is 13.2 Å². The van der Waals surface area contributed by atoms with Crippen LogP contribution in [0.5, 0.6) is 0 Å². The van der Waals surface area contributed by atoms with Gasteiger partial charge in [0.25, 0.3) is 0 Å². The maximum absolute atomic E-state index is 12.3. The standard InChI is InChI=1S/C14H20N2O2/c1-10-13(6-7-18-10)14(17)16(2)9-11-4-3-5-12(15)8-11/h3-5,8,10,13H,6-7,9,15H2,1-2H3. The molecule has 0 radical (unpaired) electrons. The highest BCUT2D eigenvalue weighted by Gasteiger charge is 2.32. The van der Waals surface area contributed by atoms with Crippen LogP contribution in [0, 0.1) is 5.92 Å². The summed E-state index contributed by atoms with van der Waals surface area (Å²) in [7, 11) is 1.83. The summed E-state index contributed by atoms with van der Waals surface area (Å²) in [6.07, 6.45) is 0.849. The Morgan fingerprint density at radius 3 is 2.94 bits per heavy atom. The number of carbonyl (C=O) groups excluding carboxylic acids is 1. The minimum absolute atomic E-state index is 0.00365. The van der Waals surface area contributed by atoms with Gasteiger partial charge < -0.3 is 15.4 Å². The third-order valence-corrected chi connectivity index (χ3v) is 3.44. The fourth-order valence-electron chi connectivity index (χ4n) is 2.38. The lowest BCUT2D eigenvalue weighted by Crippen LogP contribution is -2.35. The van der Waals surface area contributed by atoms with Crippen molar-refractivity contribution in [2.75, 3.05) is 19.4 Å². The number of carbonyl (C=O) groups is 1. The molecular weight excluding hydrogens is 228 g/mol. The molecule has 4 nitrogen and oxygen atoms in total. The van der Waals surface area contributed by atoms with Crippen LogP contribution in [0.25, 0.3) is 0 Å². The van der Waals surface area contributed by atoms with Crippen molar-refractivity contribution in [1.29, 1.82) is 0 Å². The van der Waals surface area contributed by atoms with Gasteiger partial charge in [-0.2, -0.15) is 0 Å². The summed E-state index contributed by atoms with van der Waals surface area (Å²) < 4.78 is 5.44. The van der Waals surface area contributed by atoms with Gasteiger partial charge in [-0.15, -0.1) is 0 Å². The summed E-state index contributed by atoms with van der Waals surface area (Å²) in [5, 5.41) is 0. The van der Waals surface area contributed by atoms with Crippen molar-refractivity contribution < 1.29 is 9.53 Å². The molecule has 0 spiro atoms. The number of anilines is 1. The zero-order chi connectivity index (χ0) is 13.1. The Labute approximate surface area is 108 Å². The van der Waals surface area contributed by atoms with Crippen LogP contribution in [0.4, 0.5) is 5.69 Å². The number of ether oxygens (including phenoxy) is 1. The van der Waals surface area contributed by atoms with Crippen LogP contribution in [0.2, 0.25) is 0 Å². The Morgan fingerprint density at radius 2 is 2.33 bits per heavy atom. The molecule has 1 saturated heterocycles. The van der Waals surface area contributed by atoms with E-state index in [4.69, 9.17) is 10.5 Å². The first-order valence-electron chi connectivity index (χ1n) is 6.29. The van der Waals surface area contributed by atoms with Crippen molar-refractivity contribution in [3.63, 3.8) is 0 Å². The number of nitrogens with two attached hydrogens (primary N) is 1. The van der Waals surface area contributed by atoms with Gasteiger partial charge in [0.1, 0.15) is 0 Å². The minimum atomic E-state index is -0.00365. The van der Waals surface area contributed by atoms with Gasteiger partial charge in [-0.05, 0) is 31.0 Å². The van der Waals surface area contributed by atoms with Crippen molar-refractivity contribution in [3.05, 3.63) is 29.8 Å². The first kappa shape index (κ1) is 12.9. The molecule has 0 aromatic heterocycles. The lowest BCUT2D eigenvalue weighted by molar-refractivity contribution is -0.136. The van der Waals surface area contributed by atoms with E-state index in [2.05, 4.69) is 0 Å². The maximum Gasteiger partial charge on any atom is 0.228 e. The molecule has 2 N–H and O–H groups in total. The molecule has 2 unspecified atom stereocenters. The van der Waals surface area contributed by atoms with Crippen molar-refractivity contribution in [2.24, 2.45) is 5.92 Å². The first-order chi connectivity index (χ1) is 8.58. The van der Waals surface area contributed by atoms with Gasteiger partial charge in [0.15, 0.2) is 0 Å². The molecule has 4 heteroatoms. The number of hydrogen-bond acceptors (Lipinski definition) is 3. The summed E-state index contributed by atoms with van der Waals surface area (Å²) in [5.74, 6) is 0.151. The van der Waals surface area contributed by atoms with Gasteiger partial charge in [0.05, 0.1) is 12.0 Å². The average molecular weight is 248 g/mol. The van der Waals surface area contributed by atoms with E-state index in [9.17, 15) is 4.79 Å². The lowest BCUT2D eigenvalue weighted by atomic mass is 10.0. The van der Waals surface area contributed by atoms with Gasteiger partial charge in [-0.3, -0.25) is 4.79 Å². The molecule has 0 aliphatic carbocycles. The lowest BCUT2D eigenvalue weighted by Gasteiger charge is -2.22. The van der Waals surface area contributed by atoms with Crippen LogP contribution in [-0.2, 0) is 16.1 Å². The van der Waals surface area contributed by atoms with Crippen LogP contribution in [0.1, 0.15) is 18.9 Å². The molecule has 1 fully saturated rings. The molecule has 0 saturated carbocycles. The second kappa shape index (κ2) is 5.40. The highest BCUT2D eigenvalue weighted by Crippen LogP contribution is 2.23. The van der Waals surface area contributed by atoms with Gasteiger partial charge in [-0.25, -0.2) is 0 Å². The molecule has 98 valence electrons. The molecule has 0 bridgehead atoms. The zero-order valence-electron chi connectivity index (χ0n) is 10.9. The average Bonchev–Trinajstić information content (AvgIpc) is 2.74. The Balaban J connectivity index is 1.99. The third kappa shape index (κ3) is 2.82. The molecule has 1 aromatic carbocycles. The first-order valence-corrected chi connectivity index (χ1v) is 6.29.